The van der Waals surface area contributed by atoms with Crippen LogP contribution in [0.3, 0.4) is 0 Å². The summed E-state index contributed by atoms with van der Waals surface area (Å²) in [5.74, 6) is -0.706. The fraction of sp³-hybridized carbons (Fsp3) is 0.258. The van der Waals surface area contributed by atoms with Crippen molar-refractivity contribution in [1.29, 1.82) is 0 Å². The van der Waals surface area contributed by atoms with Crippen molar-refractivity contribution < 1.29 is 17.6 Å². The Morgan fingerprint density at radius 3 is 2.45 bits per heavy atom. The molecular weight excluding hydrogens is 543 g/mol. The molecule has 0 radical (unpaired) electrons. The van der Waals surface area contributed by atoms with Gasteiger partial charge in [0, 0.05) is 55.4 Å². The summed E-state index contributed by atoms with van der Waals surface area (Å²) in [6, 6.07) is 18.8. The standard InChI is InChI=1S/C31H30F3N7O/c1-20(40-13-11-38(2)12-14-40)41(19-24-8-7-23(17-27(24)32)30-36-37-31(42-30)29(33)34)26-6-4-5-21(16-26)22-9-10-28-25(15-22)18-35-39(28)3/h4-10,15-18,29H,1,11-14,19H2,2-3H3. The fourth-order valence-corrected chi connectivity index (χ4v) is 5.18. The van der Waals surface area contributed by atoms with Gasteiger partial charge in [0.1, 0.15) is 11.6 Å². The van der Waals surface area contributed by atoms with Crippen molar-refractivity contribution in [3.63, 3.8) is 0 Å². The molecule has 11 heteroatoms. The topological polar surface area (TPSA) is 66.5 Å². The predicted octanol–water partition coefficient (Wildman–Crippen LogP) is 6.09. The van der Waals surface area contributed by atoms with Gasteiger partial charge in [-0.1, -0.05) is 30.8 Å². The lowest BCUT2D eigenvalue weighted by Gasteiger charge is -2.40. The van der Waals surface area contributed by atoms with Gasteiger partial charge >= 0.3 is 6.43 Å². The molecule has 5 aromatic rings. The number of piperazine rings is 1. The summed E-state index contributed by atoms with van der Waals surface area (Å²) in [6.45, 7) is 8.02. The first-order valence-corrected chi connectivity index (χ1v) is 13.6. The molecule has 3 aromatic carbocycles. The van der Waals surface area contributed by atoms with Crippen LogP contribution in [0.25, 0.3) is 33.5 Å². The quantitative estimate of drug-likeness (QED) is 0.223. The minimum atomic E-state index is -2.90. The Labute approximate surface area is 241 Å². The average Bonchev–Trinajstić information content (AvgIpc) is 3.64. The number of rotatable bonds is 8. The Balaban J connectivity index is 1.33. The predicted molar refractivity (Wildman–Crippen MR) is 155 cm³/mol. The zero-order valence-corrected chi connectivity index (χ0v) is 23.3. The van der Waals surface area contributed by atoms with E-state index < -0.39 is 18.1 Å². The van der Waals surface area contributed by atoms with Gasteiger partial charge in [0.2, 0.25) is 5.89 Å². The molecule has 1 fully saturated rings. The Morgan fingerprint density at radius 2 is 1.71 bits per heavy atom. The van der Waals surface area contributed by atoms with Crippen LogP contribution in [0.2, 0.25) is 0 Å². The van der Waals surface area contributed by atoms with Crippen molar-refractivity contribution in [2.45, 2.75) is 13.0 Å². The number of anilines is 1. The van der Waals surface area contributed by atoms with Crippen LogP contribution >= 0.6 is 0 Å². The third kappa shape index (κ3) is 5.47. The molecule has 3 heterocycles. The Bertz CT molecular complexity index is 1740. The third-order valence-electron chi connectivity index (χ3n) is 7.67. The molecule has 1 saturated heterocycles. The normalized spacial score (nSPS) is 14.2. The van der Waals surface area contributed by atoms with Crippen molar-refractivity contribution in [3.8, 4) is 22.6 Å². The van der Waals surface area contributed by atoms with Gasteiger partial charge in [-0.15, -0.1) is 10.2 Å². The number of benzene rings is 3. The van der Waals surface area contributed by atoms with Crippen molar-refractivity contribution in [2.75, 3.05) is 38.1 Å². The first-order valence-electron chi connectivity index (χ1n) is 13.6. The highest BCUT2D eigenvalue weighted by Gasteiger charge is 2.23. The second-order valence-electron chi connectivity index (χ2n) is 10.4. The molecule has 6 rings (SSSR count). The summed E-state index contributed by atoms with van der Waals surface area (Å²) in [5.41, 5.74) is 4.60. The number of aryl methyl sites for hydroxylation is 1. The number of hydrogen-bond donors (Lipinski definition) is 0. The average molecular weight is 574 g/mol. The van der Waals surface area contributed by atoms with Gasteiger partial charge in [0.25, 0.3) is 5.89 Å². The molecular formula is C31H30F3N7O. The van der Waals surface area contributed by atoms with Crippen LogP contribution in [0.4, 0.5) is 18.9 Å². The van der Waals surface area contributed by atoms with Gasteiger partial charge in [-0.25, -0.2) is 4.39 Å². The van der Waals surface area contributed by atoms with E-state index in [1.54, 1.807) is 12.1 Å². The molecule has 216 valence electrons. The highest BCUT2D eigenvalue weighted by Crippen LogP contribution is 2.32. The highest BCUT2D eigenvalue weighted by molar-refractivity contribution is 5.85. The molecule has 0 amide bonds. The molecule has 1 aliphatic heterocycles. The maximum absolute atomic E-state index is 15.5. The first-order chi connectivity index (χ1) is 20.3. The zero-order valence-electron chi connectivity index (χ0n) is 23.3. The molecule has 0 atom stereocenters. The molecule has 0 aliphatic carbocycles. The van der Waals surface area contributed by atoms with Gasteiger partial charge in [0.05, 0.1) is 18.3 Å². The van der Waals surface area contributed by atoms with E-state index in [1.807, 2.05) is 41.0 Å². The van der Waals surface area contributed by atoms with E-state index in [-0.39, 0.29) is 18.0 Å². The number of fused-ring (bicyclic) bond motifs is 1. The van der Waals surface area contributed by atoms with Crippen molar-refractivity contribution in [3.05, 3.63) is 96.5 Å². The fourth-order valence-electron chi connectivity index (χ4n) is 5.18. The monoisotopic (exact) mass is 573 g/mol. The smallest absolute Gasteiger partial charge is 0.314 e. The molecule has 1 aliphatic rings. The van der Waals surface area contributed by atoms with E-state index in [4.69, 9.17) is 4.42 Å². The highest BCUT2D eigenvalue weighted by atomic mass is 19.3. The summed E-state index contributed by atoms with van der Waals surface area (Å²) >= 11 is 0. The third-order valence-corrected chi connectivity index (χ3v) is 7.67. The van der Waals surface area contributed by atoms with Crippen LogP contribution in [-0.4, -0.2) is 63.0 Å². The van der Waals surface area contributed by atoms with Crippen molar-refractivity contribution in [1.82, 2.24) is 29.8 Å². The molecule has 0 spiro atoms. The minimum absolute atomic E-state index is 0.160. The summed E-state index contributed by atoms with van der Waals surface area (Å²) in [5, 5.41) is 12.4. The lowest BCUT2D eigenvalue weighted by molar-refractivity contribution is 0.116. The molecule has 8 nitrogen and oxygen atoms in total. The lowest BCUT2D eigenvalue weighted by atomic mass is 10.0. The van der Waals surface area contributed by atoms with Crippen LogP contribution in [-0.2, 0) is 13.6 Å². The second kappa shape index (κ2) is 11.3. The van der Waals surface area contributed by atoms with Gasteiger partial charge in [-0.05, 0) is 54.6 Å². The number of nitrogens with zero attached hydrogens (tertiary/aromatic N) is 7. The number of alkyl halides is 2. The first kappa shape index (κ1) is 27.5. The van der Waals surface area contributed by atoms with Crippen LogP contribution in [0.1, 0.15) is 17.9 Å². The van der Waals surface area contributed by atoms with Gasteiger partial charge in [0.15, 0.2) is 0 Å². The summed E-state index contributed by atoms with van der Waals surface area (Å²) in [7, 11) is 4.00. The maximum Gasteiger partial charge on any atom is 0.314 e. The van der Waals surface area contributed by atoms with E-state index >= 15 is 4.39 Å². The largest absolute Gasteiger partial charge is 0.415 e. The molecule has 0 saturated carbocycles. The van der Waals surface area contributed by atoms with Gasteiger partial charge in [-0.3, -0.25) is 4.68 Å². The number of aromatic nitrogens is 4. The zero-order chi connectivity index (χ0) is 29.4. The van der Waals surface area contributed by atoms with Crippen LogP contribution in [0, 0.1) is 5.82 Å². The Morgan fingerprint density at radius 1 is 0.952 bits per heavy atom. The van der Waals surface area contributed by atoms with E-state index in [0.717, 1.165) is 59.7 Å². The minimum Gasteiger partial charge on any atom is -0.415 e. The Kier molecular flexibility index (Phi) is 7.42. The Hall–Kier alpha value is -4.64. The number of hydrogen-bond acceptors (Lipinski definition) is 7. The van der Waals surface area contributed by atoms with E-state index in [9.17, 15) is 8.78 Å². The number of likely N-dealkylation sites (N-methyl/N-ethyl adjacent to an activating group) is 1. The second-order valence-corrected chi connectivity index (χ2v) is 10.4. The molecule has 2 aromatic heterocycles. The molecule has 42 heavy (non-hydrogen) atoms. The van der Waals surface area contributed by atoms with Gasteiger partial charge < -0.3 is 19.1 Å². The SMILES string of the molecule is C=C(N1CCN(C)CC1)N(Cc1ccc(-c2nnc(C(F)F)o2)cc1F)c1cccc(-c2ccc3c(cnn3C)c2)c1. The van der Waals surface area contributed by atoms with Crippen LogP contribution in [0.5, 0.6) is 0 Å². The van der Waals surface area contributed by atoms with Crippen molar-refractivity contribution in [2.24, 2.45) is 7.05 Å². The van der Waals surface area contributed by atoms with E-state index in [1.165, 1.54) is 6.07 Å². The van der Waals surface area contributed by atoms with Gasteiger partial charge in [-0.2, -0.15) is 13.9 Å². The molecule has 0 N–H and O–H groups in total. The van der Waals surface area contributed by atoms with Crippen LogP contribution in [0.15, 0.2) is 83.7 Å². The molecule has 0 bridgehead atoms. The number of halogens is 3. The summed E-state index contributed by atoms with van der Waals surface area (Å²) < 4.78 is 48.2. The summed E-state index contributed by atoms with van der Waals surface area (Å²) in [6.07, 6.45) is -1.05. The van der Waals surface area contributed by atoms with Crippen molar-refractivity contribution >= 4 is 16.6 Å². The van der Waals surface area contributed by atoms with Crippen LogP contribution < -0.4 is 4.90 Å². The van der Waals surface area contributed by atoms with E-state index in [2.05, 4.69) is 63.0 Å². The summed E-state index contributed by atoms with van der Waals surface area (Å²) in [4.78, 5) is 6.49. The molecule has 0 unspecified atom stereocenters. The maximum atomic E-state index is 15.5. The van der Waals surface area contributed by atoms with E-state index in [0.29, 0.717) is 5.56 Å². The lowest BCUT2D eigenvalue weighted by Crippen LogP contribution is -2.47.